The van der Waals surface area contributed by atoms with Gasteiger partial charge in [0.15, 0.2) is 0 Å². The Hall–Kier alpha value is -1.88. The van der Waals surface area contributed by atoms with Gasteiger partial charge >= 0.3 is 5.97 Å². The number of rotatable bonds is 12. The van der Waals surface area contributed by atoms with E-state index in [1.165, 1.54) is 0 Å². The van der Waals surface area contributed by atoms with Crippen molar-refractivity contribution in [1.29, 1.82) is 0 Å². The normalized spacial score (nSPS) is 19.3. The van der Waals surface area contributed by atoms with Gasteiger partial charge in [-0.25, -0.2) is 0 Å². The molecule has 0 fully saturated rings. The van der Waals surface area contributed by atoms with Crippen LogP contribution < -0.4 is 0 Å². The van der Waals surface area contributed by atoms with Crippen LogP contribution in [0.1, 0.15) is 65.2 Å². The number of aliphatic hydroxyl groups excluding tert-OH is 1. The molecule has 1 rings (SSSR count). The molecule has 0 saturated carbocycles. The minimum Gasteiger partial charge on any atom is -0.481 e. The molecule has 0 radical (unpaired) electrons. The van der Waals surface area contributed by atoms with Crippen LogP contribution in [0.2, 0.25) is 0 Å². The lowest BCUT2D eigenvalue weighted by molar-refractivity contribution is -0.137. The van der Waals surface area contributed by atoms with Crippen molar-refractivity contribution in [2.75, 3.05) is 7.05 Å². The molecule has 5 nitrogen and oxygen atoms in total. The van der Waals surface area contributed by atoms with Crippen molar-refractivity contribution in [3.63, 3.8) is 0 Å². The van der Waals surface area contributed by atoms with Crippen molar-refractivity contribution >= 4 is 11.9 Å². The number of nitrogens with zero attached hydrogens (tertiary/aromatic N) is 1. The van der Waals surface area contributed by atoms with E-state index < -0.39 is 12.1 Å². The predicted molar refractivity (Wildman–Crippen MR) is 104 cm³/mol. The molecule has 5 heteroatoms. The van der Waals surface area contributed by atoms with Crippen LogP contribution in [0.25, 0.3) is 0 Å². The average molecular weight is 363 g/mol. The Morgan fingerprint density at radius 1 is 1.27 bits per heavy atom. The van der Waals surface area contributed by atoms with Crippen molar-refractivity contribution < 1.29 is 19.8 Å². The number of hydrogen-bond acceptors (Lipinski definition) is 3. The van der Waals surface area contributed by atoms with Crippen LogP contribution in [-0.2, 0) is 9.59 Å². The Balaban J connectivity index is 2.70. The van der Waals surface area contributed by atoms with Gasteiger partial charge in [0.05, 0.1) is 12.1 Å². The van der Waals surface area contributed by atoms with E-state index in [9.17, 15) is 14.7 Å². The van der Waals surface area contributed by atoms with E-state index in [2.05, 4.69) is 6.92 Å². The lowest BCUT2D eigenvalue weighted by atomic mass is 10.0. The summed E-state index contributed by atoms with van der Waals surface area (Å²) in [7, 11) is 1.79. The predicted octanol–water partition coefficient (Wildman–Crippen LogP) is 3.84. The molecule has 1 heterocycles. The van der Waals surface area contributed by atoms with Crippen molar-refractivity contribution in [3.05, 3.63) is 35.5 Å². The van der Waals surface area contributed by atoms with Gasteiger partial charge in [-0.05, 0) is 38.2 Å². The molecule has 26 heavy (non-hydrogen) atoms. The molecule has 0 bridgehead atoms. The monoisotopic (exact) mass is 363 g/mol. The van der Waals surface area contributed by atoms with Crippen LogP contribution in [0, 0.1) is 0 Å². The van der Waals surface area contributed by atoms with Crippen LogP contribution in [0.5, 0.6) is 0 Å². The van der Waals surface area contributed by atoms with Gasteiger partial charge in [0.1, 0.15) is 0 Å². The second-order valence-corrected chi connectivity index (χ2v) is 6.91. The number of unbranched alkanes of at least 4 members (excludes halogenated alkanes) is 3. The third-order valence-electron chi connectivity index (χ3n) is 4.84. The maximum Gasteiger partial charge on any atom is 0.303 e. The highest BCUT2D eigenvalue weighted by Gasteiger charge is 2.31. The summed E-state index contributed by atoms with van der Waals surface area (Å²) in [4.78, 5) is 24.7. The van der Waals surface area contributed by atoms with Gasteiger partial charge in [0.25, 0.3) is 5.91 Å². The molecule has 0 aromatic carbocycles. The summed E-state index contributed by atoms with van der Waals surface area (Å²) >= 11 is 0. The Kier molecular flexibility index (Phi) is 9.96. The van der Waals surface area contributed by atoms with Gasteiger partial charge in [0.2, 0.25) is 0 Å². The molecular formula is C21H33NO4. The highest BCUT2D eigenvalue weighted by molar-refractivity contribution is 6.00. The molecule has 0 saturated heterocycles. The first-order valence-electron chi connectivity index (χ1n) is 9.61. The SMILES string of the molecule is CCCCCC(O)/C=C/C1=C(C/C=C\CCCC(=O)O)C(C)N(C)C1=O. The molecule has 0 aromatic rings. The number of hydrogen-bond donors (Lipinski definition) is 2. The minimum atomic E-state index is -0.775. The molecule has 2 N–H and O–H groups in total. The van der Waals surface area contributed by atoms with Crippen molar-refractivity contribution in [3.8, 4) is 0 Å². The zero-order chi connectivity index (χ0) is 19.5. The maximum atomic E-state index is 12.5. The van der Waals surface area contributed by atoms with Gasteiger partial charge in [0, 0.05) is 19.0 Å². The number of allylic oxidation sites excluding steroid dienone is 2. The van der Waals surface area contributed by atoms with Gasteiger partial charge in [-0.3, -0.25) is 9.59 Å². The second-order valence-electron chi connectivity index (χ2n) is 6.91. The Morgan fingerprint density at radius 2 is 2.00 bits per heavy atom. The highest BCUT2D eigenvalue weighted by atomic mass is 16.4. The number of likely N-dealkylation sites (N-methyl/N-ethyl adjacent to an activating group) is 1. The zero-order valence-electron chi connectivity index (χ0n) is 16.3. The third kappa shape index (κ3) is 7.16. The maximum absolute atomic E-state index is 12.5. The number of carbonyl (C=O) groups is 2. The summed E-state index contributed by atoms with van der Waals surface area (Å²) in [6, 6.07) is 0.0306. The molecule has 0 aliphatic carbocycles. The number of carboxylic acids is 1. The number of carboxylic acid groups (broad SMARTS) is 1. The Bertz CT molecular complexity index is 562. The van der Waals surface area contributed by atoms with Crippen molar-refractivity contribution in [2.45, 2.75) is 77.4 Å². The number of carbonyl (C=O) groups excluding carboxylic acids is 1. The smallest absolute Gasteiger partial charge is 0.303 e. The van der Waals surface area contributed by atoms with Crippen LogP contribution in [0.15, 0.2) is 35.5 Å². The summed E-state index contributed by atoms with van der Waals surface area (Å²) in [5, 5.41) is 18.7. The number of amides is 1. The average Bonchev–Trinajstić information content (AvgIpc) is 2.80. The first-order valence-corrected chi connectivity index (χ1v) is 9.61. The largest absolute Gasteiger partial charge is 0.481 e. The van der Waals surface area contributed by atoms with Gasteiger partial charge in [-0.15, -0.1) is 0 Å². The quantitative estimate of drug-likeness (QED) is 0.408. The molecule has 1 aliphatic rings. The van der Waals surface area contributed by atoms with E-state index in [-0.39, 0.29) is 18.4 Å². The Labute approximate surface area is 157 Å². The lowest BCUT2D eigenvalue weighted by Crippen LogP contribution is -2.29. The van der Waals surface area contributed by atoms with E-state index >= 15 is 0 Å². The summed E-state index contributed by atoms with van der Waals surface area (Å²) in [6.45, 7) is 4.13. The number of aliphatic carboxylic acids is 1. The lowest BCUT2D eigenvalue weighted by Gasteiger charge is -2.17. The van der Waals surface area contributed by atoms with E-state index in [1.54, 1.807) is 24.1 Å². The van der Waals surface area contributed by atoms with Crippen molar-refractivity contribution in [2.24, 2.45) is 0 Å². The second kappa shape index (κ2) is 11.7. The number of aliphatic hydroxyl groups is 1. The molecule has 1 amide bonds. The molecule has 2 atom stereocenters. The summed E-state index contributed by atoms with van der Waals surface area (Å²) in [6.07, 6.45) is 13.1. The first-order chi connectivity index (χ1) is 12.4. The van der Waals surface area contributed by atoms with E-state index in [4.69, 9.17) is 5.11 Å². The molecule has 0 spiro atoms. The standard InChI is InChI=1S/C21H33NO4/c1-4-5-8-11-17(23)14-15-19-18(16(2)22(3)21(19)26)12-9-6-7-10-13-20(24)25/h6,9,14-17,23H,4-5,7-8,10-13H2,1-3H3,(H,24,25)/b9-6-,15-14+. The summed E-state index contributed by atoms with van der Waals surface area (Å²) < 4.78 is 0. The van der Waals surface area contributed by atoms with Crippen LogP contribution in [-0.4, -0.2) is 46.2 Å². The van der Waals surface area contributed by atoms with E-state index in [0.29, 0.717) is 18.4 Å². The zero-order valence-corrected chi connectivity index (χ0v) is 16.3. The van der Waals surface area contributed by atoms with Crippen LogP contribution in [0.3, 0.4) is 0 Å². The summed E-state index contributed by atoms with van der Waals surface area (Å²) in [5.41, 5.74) is 1.72. The molecular weight excluding hydrogens is 330 g/mol. The van der Waals surface area contributed by atoms with E-state index in [0.717, 1.165) is 37.7 Å². The minimum absolute atomic E-state index is 0.0104. The van der Waals surface area contributed by atoms with Crippen LogP contribution >= 0.6 is 0 Å². The van der Waals surface area contributed by atoms with Crippen molar-refractivity contribution in [1.82, 2.24) is 4.90 Å². The van der Waals surface area contributed by atoms with Gasteiger partial charge in [-0.1, -0.05) is 50.5 Å². The fourth-order valence-electron chi connectivity index (χ4n) is 3.03. The third-order valence-corrected chi connectivity index (χ3v) is 4.84. The topological polar surface area (TPSA) is 77.8 Å². The van der Waals surface area contributed by atoms with E-state index in [1.807, 2.05) is 19.1 Å². The van der Waals surface area contributed by atoms with Gasteiger partial charge < -0.3 is 15.1 Å². The molecule has 1 aliphatic heterocycles. The Morgan fingerprint density at radius 3 is 2.65 bits per heavy atom. The van der Waals surface area contributed by atoms with Crippen LogP contribution in [0.4, 0.5) is 0 Å². The summed E-state index contributed by atoms with van der Waals surface area (Å²) in [5.74, 6) is -0.786. The molecule has 2 unspecified atom stereocenters. The first kappa shape index (κ1) is 22.2. The fraction of sp³-hybridized carbons (Fsp3) is 0.619. The fourth-order valence-corrected chi connectivity index (χ4v) is 3.03. The highest BCUT2D eigenvalue weighted by Crippen LogP contribution is 2.28. The van der Waals surface area contributed by atoms with Gasteiger partial charge in [-0.2, -0.15) is 0 Å². The molecule has 0 aromatic heterocycles. The molecule has 146 valence electrons.